The second-order valence-corrected chi connectivity index (χ2v) is 8.27. The number of hydrogen-bond acceptors (Lipinski definition) is 5. The predicted octanol–water partition coefficient (Wildman–Crippen LogP) is 1.89. The molecule has 0 bridgehead atoms. The molecule has 1 amide bonds. The van der Waals surface area contributed by atoms with Crippen molar-refractivity contribution in [1.82, 2.24) is 20.4 Å². The molecule has 0 aromatic rings. The molecule has 2 rings (SSSR count). The van der Waals surface area contributed by atoms with Gasteiger partial charge in [-0.25, -0.2) is 4.79 Å². The highest BCUT2D eigenvalue weighted by molar-refractivity contribution is 14.0. The molecule has 2 heterocycles. The van der Waals surface area contributed by atoms with Crippen LogP contribution in [0.5, 0.6) is 0 Å². The van der Waals surface area contributed by atoms with Crippen LogP contribution in [0.3, 0.4) is 0 Å². The van der Waals surface area contributed by atoms with Crippen molar-refractivity contribution in [2.75, 3.05) is 53.0 Å². The zero-order valence-corrected chi connectivity index (χ0v) is 20.3. The molecule has 0 radical (unpaired) electrons. The van der Waals surface area contributed by atoms with Crippen LogP contribution >= 0.6 is 24.0 Å². The molecule has 0 aromatic carbocycles. The van der Waals surface area contributed by atoms with Gasteiger partial charge in [-0.1, -0.05) is 0 Å². The molecule has 9 heteroatoms. The average Bonchev–Trinajstić information content (AvgIpc) is 2.98. The summed E-state index contributed by atoms with van der Waals surface area (Å²) < 4.78 is 10.6. The minimum Gasteiger partial charge on any atom is -0.444 e. The molecular formula is C19H38IN5O3. The summed E-state index contributed by atoms with van der Waals surface area (Å²) in [5.41, 5.74) is -0.456. The summed E-state index contributed by atoms with van der Waals surface area (Å²) in [5, 5.41) is 6.74. The van der Waals surface area contributed by atoms with Crippen LogP contribution in [0, 0.1) is 0 Å². The number of hydrogen-bond donors (Lipinski definition) is 2. The molecule has 2 saturated heterocycles. The number of amides is 1. The molecule has 28 heavy (non-hydrogen) atoms. The van der Waals surface area contributed by atoms with Crippen LogP contribution in [0.4, 0.5) is 4.79 Å². The quantitative estimate of drug-likeness (QED) is 0.309. The van der Waals surface area contributed by atoms with Gasteiger partial charge in [-0.05, 0) is 47.1 Å². The summed E-state index contributed by atoms with van der Waals surface area (Å²) in [6.45, 7) is 13.4. The SMILES string of the molecule is CCNC(=NCC1CCCN1CCOC)NC1CN(C(=O)OC(C)(C)C)C1.I. The standard InChI is InChI=1S/C19H37N5O3.HI/c1-6-20-17(21-12-16-8-7-9-23(16)10-11-26-5)22-15-13-24(14-15)18(25)27-19(2,3)4;/h15-16H,6-14H2,1-5H3,(H2,20,21,22);1H. The van der Waals surface area contributed by atoms with Crippen LogP contribution in [0.25, 0.3) is 0 Å². The van der Waals surface area contributed by atoms with Gasteiger partial charge in [0, 0.05) is 39.3 Å². The summed E-state index contributed by atoms with van der Waals surface area (Å²) in [5.74, 6) is 0.824. The normalized spacial score (nSPS) is 21.1. The van der Waals surface area contributed by atoms with Crippen LogP contribution in [-0.4, -0.2) is 92.5 Å². The zero-order valence-electron chi connectivity index (χ0n) is 18.0. The number of guanidine groups is 1. The van der Waals surface area contributed by atoms with E-state index in [1.165, 1.54) is 12.8 Å². The van der Waals surface area contributed by atoms with E-state index >= 15 is 0 Å². The molecule has 1 unspecified atom stereocenters. The highest BCUT2D eigenvalue weighted by Gasteiger charge is 2.34. The minimum absolute atomic E-state index is 0. The fourth-order valence-corrected chi connectivity index (χ4v) is 3.36. The van der Waals surface area contributed by atoms with E-state index in [1.807, 2.05) is 20.8 Å². The third-order valence-corrected chi connectivity index (χ3v) is 4.76. The van der Waals surface area contributed by atoms with E-state index in [4.69, 9.17) is 14.5 Å². The monoisotopic (exact) mass is 511 g/mol. The first kappa shape index (κ1) is 25.2. The maximum absolute atomic E-state index is 12.0. The molecule has 8 nitrogen and oxygen atoms in total. The van der Waals surface area contributed by atoms with Crippen LogP contribution in [0.1, 0.15) is 40.5 Å². The number of likely N-dealkylation sites (tertiary alicyclic amines) is 2. The molecule has 2 aliphatic heterocycles. The molecule has 164 valence electrons. The molecule has 2 N–H and O–H groups in total. The van der Waals surface area contributed by atoms with E-state index in [1.54, 1.807) is 12.0 Å². The van der Waals surface area contributed by atoms with Crippen molar-refractivity contribution < 1.29 is 14.3 Å². The smallest absolute Gasteiger partial charge is 0.410 e. The largest absolute Gasteiger partial charge is 0.444 e. The number of nitrogens with zero attached hydrogens (tertiary/aromatic N) is 3. The average molecular weight is 511 g/mol. The molecular weight excluding hydrogens is 473 g/mol. The summed E-state index contributed by atoms with van der Waals surface area (Å²) in [7, 11) is 1.75. The van der Waals surface area contributed by atoms with Crippen LogP contribution in [-0.2, 0) is 9.47 Å². The number of aliphatic imine (C=N–C) groups is 1. The molecule has 2 fully saturated rings. The molecule has 0 spiro atoms. The predicted molar refractivity (Wildman–Crippen MR) is 123 cm³/mol. The van der Waals surface area contributed by atoms with Crippen molar-refractivity contribution in [3.05, 3.63) is 0 Å². The highest BCUT2D eigenvalue weighted by Crippen LogP contribution is 2.17. The van der Waals surface area contributed by atoms with Gasteiger partial charge in [0.25, 0.3) is 0 Å². The van der Waals surface area contributed by atoms with Gasteiger partial charge in [-0.15, -0.1) is 24.0 Å². The molecule has 2 aliphatic rings. The topological polar surface area (TPSA) is 78.4 Å². The zero-order chi connectivity index (χ0) is 19.9. The number of methoxy groups -OCH3 is 1. The summed E-state index contributed by atoms with van der Waals surface area (Å²) >= 11 is 0. The maximum Gasteiger partial charge on any atom is 0.410 e. The second kappa shape index (κ2) is 12.0. The number of nitrogens with one attached hydrogen (secondary N) is 2. The fourth-order valence-electron chi connectivity index (χ4n) is 3.36. The Kier molecular flexibility index (Phi) is 10.8. The summed E-state index contributed by atoms with van der Waals surface area (Å²) in [6, 6.07) is 0.693. The van der Waals surface area contributed by atoms with Gasteiger partial charge in [0.15, 0.2) is 5.96 Å². The van der Waals surface area contributed by atoms with Crippen molar-refractivity contribution in [2.45, 2.75) is 58.2 Å². The number of carbonyl (C=O) groups is 1. The Labute approximate surface area is 186 Å². The van der Waals surface area contributed by atoms with Crippen LogP contribution in [0.2, 0.25) is 0 Å². The molecule has 1 atom stereocenters. The Morgan fingerprint density at radius 3 is 2.61 bits per heavy atom. The van der Waals surface area contributed by atoms with E-state index in [2.05, 4.69) is 22.5 Å². The third kappa shape index (κ3) is 8.28. The fraction of sp³-hybridized carbons (Fsp3) is 0.895. The number of ether oxygens (including phenoxy) is 2. The first-order chi connectivity index (χ1) is 12.8. The van der Waals surface area contributed by atoms with Gasteiger partial charge in [-0.2, -0.15) is 0 Å². The van der Waals surface area contributed by atoms with E-state index in [9.17, 15) is 4.79 Å². The number of rotatable bonds is 7. The van der Waals surface area contributed by atoms with Gasteiger partial charge in [0.05, 0.1) is 19.2 Å². The van der Waals surface area contributed by atoms with Gasteiger partial charge >= 0.3 is 6.09 Å². The van der Waals surface area contributed by atoms with Crippen molar-refractivity contribution in [3.8, 4) is 0 Å². The minimum atomic E-state index is -0.456. The van der Waals surface area contributed by atoms with Gasteiger partial charge in [0.1, 0.15) is 5.60 Å². The lowest BCUT2D eigenvalue weighted by molar-refractivity contribution is 0.00700. The Balaban J connectivity index is 0.00000392. The Morgan fingerprint density at radius 2 is 2.00 bits per heavy atom. The summed E-state index contributed by atoms with van der Waals surface area (Å²) in [4.78, 5) is 21.0. The highest BCUT2D eigenvalue weighted by atomic mass is 127. The Morgan fingerprint density at radius 1 is 1.29 bits per heavy atom. The maximum atomic E-state index is 12.0. The Bertz CT molecular complexity index is 506. The van der Waals surface area contributed by atoms with Gasteiger partial charge in [-0.3, -0.25) is 9.89 Å². The van der Waals surface area contributed by atoms with E-state index in [-0.39, 0.29) is 36.1 Å². The van der Waals surface area contributed by atoms with E-state index in [0.717, 1.165) is 38.7 Å². The lowest BCUT2D eigenvalue weighted by Crippen LogP contribution is -2.63. The van der Waals surface area contributed by atoms with Crippen LogP contribution < -0.4 is 10.6 Å². The third-order valence-electron chi connectivity index (χ3n) is 4.76. The van der Waals surface area contributed by atoms with Gasteiger partial charge in [0.2, 0.25) is 0 Å². The molecule has 0 aromatic heterocycles. The van der Waals surface area contributed by atoms with Gasteiger partial charge < -0.3 is 25.0 Å². The van der Waals surface area contributed by atoms with Crippen molar-refractivity contribution in [1.29, 1.82) is 0 Å². The molecule has 0 saturated carbocycles. The van der Waals surface area contributed by atoms with Crippen molar-refractivity contribution in [2.24, 2.45) is 4.99 Å². The lowest BCUT2D eigenvalue weighted by Gasteiger charge is -2.40. The summed E-state index contributed by atoms with van der Waals surface area (Å²) in [6.07, 6.45) is 2.16. The van der Waals surface area contributed by atoms with Crippen molar-refractivity contribution in [3.63, 3.8) is 0 Å². The first-order valence-electron chi connectivity index (χ1n) is 10.1. The second-order valence-electron chi connectivity index (χ2n) is 8.27. The number of carbonyl (C=O) groups excluding carboxylic acids is 1. The van der Waals surface area contributed by atoms with E-state index in [0.29, 0.717) is 19.1 Å². The lowest BCUT2D eigenvalue weighted by atomic mass is 10.1. The van der Waals surface area contributed by atoms with E-state index < -0.39 is 5.60 Å². The van der Waals surface area contributed by atoms with Crippen LogP contribution in [0.15, 0.2) is 4.99 Å². The van der Waals surface area contributed by atoms with Crippen molar-refractivity contribution >= 4 is 36.0 Å². The Hall–Kier alpha value is -0.810. The number of halogens is 1. The first-order valence-corrected chi connectivity index (χ1v) is 10.1. The molecule has 0 aliphatic carbocycles.